The van der Waals surface area contributed by atoms with E-state index in [4.69, 9.17) is 0 Å². The molecule has 0 unspecified atom stereocenters. The van der Waals surface area contributed by atoms with Crippen molar-refractivity contribution >= 4 is 29.9 Å². The van der Waals surface area contributed by atoms with Gasteiger partial charge in [-0.15, -0.1) is 24.0 Å². The van der Waals surface area contributed by atoms with Gasteiger partial charge in [0.25, 0.3) is 0 Å². The lowest BCUT2D eigenvalue weighted by Crippen LogP contribution is -2.43. The minimum atomic E-state index is 0. The molecule has 1 aromatic carbocycles. The summed E-state index contributed by atoms with van der Waals surface area (Å²) in [7, 11) is 1.83. The van der Waals surface area contributed by atoms with Gasteiger partial charge < -0.3 is 15.2 Å². The Morgan fingerprint density at radius 3 is 2.75 bits per heavy atom. The molecule has 0 atom stereocenters. The highest BCUT2D eigenvalue weighted by Crippen LogP contribution is 2.17. The van der Waals surface area contributed by atoms with Crippen molar-refractivity contribution in [2.75, 3.05) is 7.05 Å². The SMILES string of the molecule is CN=C(NCc1ccccc1-n1ccnc1)NC1CCCCC1.I. The quantitative estimate of drug-likeness (QED) is 0.436. The van der Waals surface area contributed by atoms with Gasteiger partial charge in [-0.3, -0.25) is 4.99 Å². The minimum absolute atomic E-state index is 0. The molecule has 1 saturated carbocycles. The van der Waals surface area contributed by atoms with E-state index < -0.39 is 0 Å². The molecular weight excluding hydrogens is 413 g/mol. The van der Waals surface area contributed by atoms with E-state index in [2.05, 4.69) is 38.8 Å². The predicted octanol–water partition coefficient (Wildman–Crippen LogP) is 3.49. The summed E-state index contributed by atoms with van der Waals surface area (Å²) in [4.78, 5) is 8.50. The summed E-state index contributed by atoms with van der Waals surface area (Å²) in [6.45, 7) is 0.737. The second kappa shape index (κ2) is 9.66. The van der Waals surface area contributed by atoms with Crippen LogP contribution in [0.1, 0.15) is 37.7 Å². The third kappa shape index (κ3) is 4.96. The maximum absolute atomic E-state index is 4.36. The fraction of sp³-hybridized carbons (Fsp3) is 0.444. The number of imidazole rings is 1. The minimum Gasteiger partial charge on any atom is -0.354 e. The van der Waals surface area contributed by atoms with E-state index in [1.165, 1.54) is 37.7 Å². The fourth-order valence-electron chi connectivity index (χ4n) is 3.13. The van der Waals surface area contributed by atoms with Crippen molar-refractivity contribution < 1.29 is 0 Å². The molecule has 1 heterocycles. The zero-order valence-corrected chi connectivity index (χ0v) is 16.4. The maximum Gasteiger partial charge on any atom is 0.191 e. The van der Waals surface area contributed by atoms with Crippen LogP contribution in [-0.2, 0) is 6.54 Å². The van der Waals surface area contributed by atoms with Gasteiger partial charge in [-0.2, -0.15) is 0 Å². The molecule has 0 bridgehead atoms. The van der Waals surface area contributed by atoms with E-state index in [0.29, 0.717) is 6.04 Å². The normalized spacial score (nSPS) is 15.6. The lowest BCUT2D eigenvalue weighted by molar-refractivity contribution is 0.410. The molecule has 1 aromatic heterocycles. The van der Waals surface area contributed by atoms with Crippen molar-refractivity contribution in [3.63, 3.8) is 0 Å². The Bertz CT molecular complexity index is 633. The standard InChI is InChI=1S/C18H25N5.HI/c1-19-18(22-16-8-3-2-4-9-16)21-13-15-7-5-6-10-17(15)23-12-11-20-14-23;/h5-7,10-12,14,16H,2-4,8-9,13H2,1H3,(H2,19,21,22);1H. The van der Waals surface area contributed by atoms with Crippen LogP contribution < -0.4 is 10.6 Å². The summed E-state index contributed by atoms with van der Waals surface area (Å²) >= 11 is 0. The molecule has 6 heteroatoms. The number of benzene rings is 1. The van der Waals surface area contributed by atoms with Gasteiger partial charge in [-0.05, 0) is 24.5 Å². The van der Waals surface area contributed by atoms with Crippen LogP contribution in [0.25, 0.3) is 5.69 Å². The molecule has 3 rings (SSSR count). The van der Waals surface area contributed by atoms with Crippen LogP contribution in [0.15, 0.2) is 48.0 Å². The second-order valence-electron chi connectivity index (χ2n) is 6.00. The van der Waals surface area contributed by atoms with Crippen molar-refractivity contribution in [1.29, 1.82) is 0 Å². The molecule has 0 spiro atoms. The molecule has 2 aromatic rings. The lowest BCUT2D eigenvalue weighted by Gasteiger charge is -2.25. The molecule has 0 amide bonds. The third-order valence-corrected chi connectivity index (χ3v) is 4.39. The molecule has 5 nitrogen and oxygen atoms in total. The van der Waals surface area contributed by atoms with E-state index in [-0.39, 0.29) is 24.0 Å². The molecule has 130 valence electrons. The lowest BCUT2D eigenvalue weighted by atomic mass is 9.96. The summed E-state index contributed by atoms with van der Waals surface area (Å²) in [6, 6.07) is 8.91. The van der Waals surface area contributed by atoms with Crippen molar-refractivity contribution in [3.8, 4) is 5.69 Å². The first-order chi connectivity index (χ1) is 11.4. The zero-order chi connectivity index (χ0) is 15.9. The van der Waals surface area contributed by atoms with Crippen LogP contribution in [-0.4, -0.2) is 28.6 Å². The molecule has 24 heavy (non-hydrogen) atoms. The molecule has 0 radical (unpaired) electrons. The van der Waals surface area contributed by atoms with Crippen molar-refractivity contribution in [2.45, 2.75) is 44.7 Å². The van der Waals surface area contributed by atoms with Gasteiger partial charge in [0.1, 0.15) is 0 Å². The molecule has 0 aliphatic heterocycles. The number of guanidine groups is 1. The Hall–Kier alpha value is -1.57. The van der Waals surface area contributed by atoms with Crippen LogP contribution in [0.5, 0.6) is 0 Å². The van der Waals surface area contributed by atoms with E-state index in [1.807, 2.05) is 30.2 Å². The monoisotopic (exact) mass is 439 g/mol. The molecule has 2 N–H and O–H groups in total. The predicted molar refractivity (Wildman–Crippen MR) is 109 cm³/mol. The molecular formula is C18H26IN5. The van der Waals surface area contributed by atoms with Crippen molar-refractivity contribution in [1.82, 2.24) is 20.2 Å². The number of hydrogen-bond acceptors (Lipinski definition) is 2. The van der Waals surface area contributed by atoms with Gasteiger partial charge in [0.05, 0.1) is 12.0 Å². The Balaban J connectivity index is 0.00000208. The number of aliphatic imine (C=N–C) groups is 1. The first-order valence-corrected chi connectivity index (χ1v) is 8.40. The number of aromatic nitrogens is 2. The second-order valence-corrected chi connectivity index (χ2v) is 6.00. The summed E-state index contributed by atoms with van der Waals surface area (Å²) in [5, 5.41) is 6.99. The number of halogens is 1. The van der Waals surface area contributed by atoms with Crippen LogP contribution in [0.2, 0.25) is 0 Å². The number of nitrogens with one attached hydrogen (secondary N) is 2. The summed E-state index contributed by atoms with van der Waals surface area (Å²) < 4.78 is 2.04. The highest BCUT2D eigenvalue weighted by Gasteiger charge is 2.14. The number of nitrogens with zero attached hydrogens (tertiary/aromatic N) is 3. The Morgan fingerprint density at radius 2 is 2.04 bits per heavy atom. The van der Waals surface area contributed by atoms with Crippen molar-refractivity contribution in [2.24, 2.45) is 4.99 Å². The number of para-hydroxylation sites is 1. The van der Waals surface area contributed by atoms with Gasteiger partial charge in [-0.25, -0.2) is 4.98 Å². The van der Waals surface area contributed by atoms with Crippen LogP contribution in [0.4, 0.5) is 0 Å². The highest BCUT2D eigenvalue weighted by atomic mass is 127. The first-order valence-electron chi connectivity index (χ1n) is 8.40. The summed E-state index contributed by atoms with van der Waals surface area (Å²) in [5.74, 6) is 0.886. The third-order valence-electron chi connectivity index (χ3n) is 4.39. The van der Waals surface area contributed by atoms with Crippen LogP contribution in [0.3, 0.4) is 0 Å². The van der Waals surface area contributed by atoms with E-state index in [0.717, 1.165) is 18.2 Å². The smallest absolute Gasteiger partial charge is 0.191 e. The average molecular weight is 439 g/mol. The summed E-state index contributed by atoms with van der Waals surface area (Å²) in [6.07, 6.45) is 12.1. The molecule has 1 fully saturated rings. The molecule has 1 aliphatic carbocycles. The van der Waals surface area contributed by atoms with Gasteiger partial charge >= 0.3 is 0 Å². The number of hydrogen-bond donors (Lipinski definition) is 2. The van der Waals surface area contributed by atoms with Gasteiger partial charge in [0.2, 0.25) is 0 Å². The van der Waals surface area contributed by atoms with Gasteiger partial charge in [0.15, 0.2) is 5.96 Å². The Morgan fingerprint density at radius 1 is 1.25 bits per heavy atom. The zero-order valence-electron chi connectivity index (χ0n) is 14.1. The van der Waals surface area contributed by atoms with Gasteiger partial charge in [0, 0.05) is 32.0 Å². The van der Waals surface area contributed by atoms with E-state index >= 15 is 0 Å². The Kier molecular flexibility index (Phi) is 7.55. The number of rotatable bonds is 4. The van der Waals surface area contributed by atoms with E-state index in [1.54, 1.807) is 6.20 Å². The summed E-state index contributed by atoms with van der Waals surface area (Å²) in [5.41, 5.74) is 2.36. The maximum atomic E-state index is 4.36. The van der Waals surface area contributed by atoms with Crippen LogP contribution in [0, 0.1) is 0 Å². The van der Waals surface area contributed by atoms with Crippen molar-refractivity contribution in [3.05, 3.63) is 48.5 Å². The largest absolute Gasteiger partial charge is 0.354 e. The van der Waals surface area contributed by atoms with E-state index in [9.17, 15) is 0 Å². The molecule has 1 aliphatic rings. The highest BCUT2D eigenvalue weighted by molar-refractivity contribution is 14.0. The molecule has 0 saturated heterocycles. The average Bonchev–Trinajstić information content (AvgIpc) is 3.14. The first kappa shape index (κ1) is 18.8. The van der Waals surface area contributed by atoms with Gasteiger partial charge in [-0.1, -0.05) is 37.5 Å². The Labute approximate surface area is 161 Å². The fourth-order valence-corrected chi connectivity index (χ4v) is 3.13. The van der Waals surface area contributed by atoms with Crippen LogP contribution >= 0.6 is 24.0 Å². The topological polar surface area (TPSA) is 54.2 Å².